The van der Waals surface area contributed by atoms with Gasteiger partial charge in [0.05, 0.1) is 5.60 Å². The topological polar surface area (TPSA) is 49.2 Å². The molecule has 1 N–H and O–H groups in total. The molecule has 1 fully saturated rings. The Kier molecular flexibility index (Phi) is 4.08. The summed E-state index contributed by atoms with van der Waals surface area (Å²) in [6.45, 7) is 1.51. The van der Waals surface area contributed by atoms with E-state index < -0.39 is 5.60 Å². The number of anilines is 1. The van der Waals surface area contributed by atoms with Gasteiger partial charge in [-0.15, -0.1) is 10.2 Å². The van der Waals surface area contributed by atoms with Crippen LogP contribution in [0.1, 0.15) is 24.1 Å². The fraction of sp³-hybridized carbons (Fsp3) is 0.333. The van der Waals surface area contributed by atoms with Gasteiger partial charge in [0.25, 0.3) is 0 Å². The Morgan fingerprint density at radius 3 is 2.41 bits per heavy atom. The molecule has 2 aromatic rings. The molecule has 0 aliphatic carbocycles. The van der Waals surface area contributed by atoms with Gasteiger partial charge in [-0.25, -0.2) is 0 Å². The van der Waals surface area contributed by atoms with E-state index >= 15 is 0 Å². The van der Waals surface area contributed by atoms with Crippen molar-refractivity contribution in [3.05, 3.63) is 60.1 Å². The first kappa shape index (κ1) is 14.6. The normalized spacial score (nSPS) is 17.0. The lowest BCUT2D eigenvalue weighted by Crippen LogP contribution is -2.46. The van der Waals surface area contributed by atoms with Crippen LogP contribution in [-0.2, 0) is 6.42 Å². The summed E-state index contributed by atoms with van der Waals surface area (Å²) in [5.41, 5.74) is 0.957. The standard InChI is InChI=1S/C18H18N3O/c1-2-16-8-9-17(20-19-16)21-12-10-18(22,11-13-21)14-15-6-4-3-5-7-15/h3-9,22H,10-14H2. The van der Waals surface area contributed by atoms with Crippen LogP contribution in [0.5, 0.6) is 0 Å². The fourth-order valence-corrected chi connectivity index (χ4v) is 2.87. The van der Waals surface area contributed by atoms with E-state index in [-0.39, 0.29) is 0 Å². The molecule has 1 radical (unpaired) electrons. The highest BCUT2D eigenvalue weighted by Crippen LogP contribution is 2.28. The van der Waals surface area contributed by atoms with Crippen LogP contribution >= 0.6 is 0 Å². The van der Waals surface area contributed by atoms with Crippen LogP contribution in [0.2, 0.25) is 0 Å². The molecule has 0 bridgehead atoms. The summed E-state index contributed by atoms with van der Waals surface area (Å²) in [5.74, 6) is 3.01. The van der Waals surface area contributed by atoms with Crippen LogP contribution in [0.3, 0.4) is 0 Å². The number of hydrogen-bond acceptors (Lipinski definition) is 4. The third-order valence-electron chi connectivity index (χ3n) is 4.17. The molecule has 1 aliphatic heterocycles. The number of aromatic nitrogens is 2. The van der Waals surface area contributed by atoms with Crippen LogP contribution in [0.25, 0.3) is 0 Å². The maximum absolute atomic E-state index is 10.8. The quantitative estimate of drug-likeness (QED) is 0.879. The Labute approximate surface area is 130 Å². The summed E-state index contributed by atoms with van der Waals surface area (Å²) in [6, 6.07) is 13.7. The minimum absolute atomic E-state index is 0.432. The van der Waals surface area contributed by atoms with Crippen molar-refractivity contribution < 1.29 is 5.11 Å². The van der Waals surface area contributed by atoms with Crippen LogP contribution in [-0.4, -0.2) is 34.0 Å². The Hall–Kier alpha value is -2.38. The van der Waals surface area contributed by atoms with E-state index in [0.717, 1.165) is 18.9 Å². The monoisotopic (exact) mass is 292 g/mol. The molecule has 0 unspecified atom stereocenters. The third kappa shape index (κ3) is 3.26. The van der Waals surface area contributed by atoms with Gasteiger partial charge in [0, 0.05) is 19.5 Å². The average molecular weight is 292 g/mol. The zero-order valence-electron chi connectivity index (χ0n) is 12.4. The lowest BCUT2D eigenvalue weighted by molar-refractivity contribution is 0.0164. The average Bonchev–Trinajstić information content (AvgIpc) is 2.56. The van der Waals surface area contributed by atoms with Gasteiger partial charge in [0.15, 0.2) is 5.82 Å². The highest BCUT2D eigenvalue weighted by molar-refractivity contribution is 5.40. The van der Waals surface area contributed by atoms with Gasteiger partial charge >= 0.3 is 0 Å². The van der Waals surface area contributed by atoms with Crippen molar-refractivity contribution in [1.29, 1.82) is 0 Å². The number of piperidine rings is 1. The Balaban J connectivity index is 1.63. The number of rotatable bonds is 3. The maximum Gasteiger partial charge on any atom is 0.151 e. The molecule has 4 heteroatoms. The van der Waals surface area contributed by atoms with E-state index in [0.29, 0.717) is 25.0 Å². The minimum Gasteiger partial charge on any atom is -0.389 e. The first-order valence-corrected chi connectivity index (χ1v) is 7.46. The van der Waals surface area contributed by atoms with Gasteiger partial charge in [-0.3, -0.25) is 0 Å². The Morgan fingerprint density at radius 1 is 1.09 bits per heavy atom. The van der Waals surface area contributed by atoms with Gasteiger partial charge in [-0.05, 0) is 42.9 Å². The third-order valence-corrected chi connectivity index (χ3v) is 4.17. The van der Waals surface area contributed by atoms with E-state index in [1.54, 1.807) is 6.07 Å². The van der Waals surface area contributed by atoms with Gasteiger partial charge < -0.3 is 10.0 Å². The van der Waals surface area contributed by atoms with E-state index in [2.05, 4.69) is 33.2 Å². The van der Waals surface area contributed by atoms with Crippen molar-refractivity contribution >= 4 is 5.82 Å². The fourth-order valence-electron chi connectivity index (χ4n) is 2.87. The predicted molar refractivity (Wildman–Crippen MR) is 84.8 cm³/mol. The Bertz CT molecular complexity index is 653. The number of aliphatic hydroxyl groups is 1. The molecule has 2 heterocycles. The number of benzene rings is 1. The zero-order valence-corrected chi connectivity index (χ0v) is 12.4. The lowest BCUT2D eigenvalue weighted by atomic mass is 9.85. The molecular weight excluding hydrogens is 274 g/mol. The highest BCUT2D eigenvalue weighted by Gasteiger charge is 2.32. The molecule has 111 valence electrons. The molecule has 22 heavy (non-hydrogen) atoms. The molecule has 4 nitrogen and oxygen atoms in total. The van der Waals surface area contributed by atoms with Gasteiger partial charge in [-0.1, -0.05) is 30.3 Å². The highest BCUT2D eigenvalue weighted by atomic mass is 16.3. The molecule has 1 saturated heterocycles. The van der Waals surface area contributed by atoms with Gasteiger partial charge in [0.2, 0.25) is 0 Å². The molecule has 0 atom stereocenters. The van der Waals surface area contributed by atoms with E-state index in [9.17, 15) is 5.11 Å². The van der Waals surface area contributed by atoms with Crippen molar-refractivity contribution in [3.8, 4) is 5.92 Å². The second kappa shape index (κ2) is 6.17. The van der Waals surface area contributed by atoms with Crippen LogP contribution in [0, 0.1) is 12.3 Å². The summed E-state index contributed by atoms with van der Waals surface area (Å²) in [5, 5.41) is 18.8. The van der Waals surface area contributed by atoms with Crippen molar-refractivity contribution in [1.82, 2.24) is 10.2 Å². The second-order valence-electron chi connectivity index (χ2n) is 5.78. The molecule has 0 saturated carbocycles. The molecule has 0 spiro atoms. The van der Waals surface area contributed by atoms with Gasteiger partial charge in [0.1, 0.15) is 5.69 Å². The number of nitrogens with zero attached hydrogens (tertiary/aromatic N) is 3. The molecule has 1 aromatic heterocycles. The van der Waals surface area contributed by atoms with Crippen molar-refractivity contribution in [2.45, 2.75) is 24.9 Å². The second-order valence-corrected chi connectivity index (χ2v) is 5.78. The lowest BCUT2D eigenvalue weighted by Gasteiger charge is -2.38. The summed E-state index contributed by atoms with van der Waals surface area (Å²) >= 11 is 0. The summed E-state index contributed by atoms with van der Waals surface area (Å²) in [7, 11) is 0. The molecule has 0 amide bonds. The molecule has 3 rings (SSSR count). The van der Waals surface area contributed by atoms with Crippen LogP contribution < -0.4 is 4.90 Å². The molecule has 1 aliphatic rings. The molecular formula is C18H18N3O. The SMILES string of the molecule is [C]#Cc1ccc(N2CCC(O)(Cc3ccccc3)CC2)nn1. The maximum atomic E-state index is 10.8. The summed E-state index contributed by atoms with van der Waals surface area (Å²) in [4.78, 5) is 2.13. The van der Waals surface area contributed by atoms with Gasteiger partial charge in [-0.2, -0.15) is 0 Å². The number of hydrogen-bond donors (Lipinski definition) is 1. The summed E-state index contributed by atoms with van der Waals surface area (Å²) < 4.78 is 0. The minimum atomic E-state index is -0.645. The smallest absolute Gasteiger partial charge is 0.151 e. The zero-order chi connectivity index (χ0) is 15.4. The van der Waals surface area contributed by atoms with Crippen molar-refractivity contribution in [2.24, 2.45) is 0 Å². The summed E-state index contributed by atoms with van der Waals surface area (Å²) in [6.07, 6.45) is 9.13. The van der Waals surface area contributed by atoms with Crippen LogP contribution in [0.15, 0.2) is 42.5 Å². The predicted octanol–water partition coefficient (Wildman–Crippen LogP) is 1.99. The Morgan fingerprint density at radius 2 is 1.82 bits per heavy atom. The van der Waals surface area contributed by atoms with Crippen LogP contribution in [0.4, 0.5) is 5.82 Å². The van der Waals surface area contributed by atoms with E-state index in [4.69, 9.17) is 6.42 Å². The first-order chi connectivity index (χ1) is 10.7. The van der Waals surface area contributed by atoms with E-state index in [1.807, 2.05) is 24.3 Å². The van der Waals surface area contributed by atoms with Crippen molar-refractivity contribution in [3.63, 3.8) is 0 Å². The largest absolute Gasteiger partial charge is 0.389 e. The molecule has 1 aromatic carbocycles. The first-order valence-electron chi connectivity index (χ1n) is 7.46. The van der Waals surface area contributed by atoms with E-state index in [1.165, 1.54) is 5.56 Å². The van der Waals surface area contributed by atoms with Crippen molar-refractivity contribution in [2.75, 3.05) is 18.0 Å².